The van der Waals surface area contributed by atoms with Crippen LogP contribution in [0.2, 0.25) is 0 Å². The minimum absolute atomic E-state index is 0.0534. The average Bonchev–Trinajstić information content (AvgIpc) is 3.40. The molecule has 3 amide bonds. The number of nitrogens with zero attached hydrogens (tertiary/aromatic N) is 1. The minimum Gasteiger partial charge on any atom is -0.338 e. The molecule has 0 radical (unpaired) electrons. The highest BCUT2D eigenvalue weighted by atomic mass is 16.2. The summed E-state index contributed by atoms with van der Waals surface area (Å²) in [4.78, 5) is 25.1. The number of carbonyl (C=O) groups is 2. The van der Waals surface area contributed by atoms with Crippen molar-refractivity contribution in [2.75, 3.05) is 23.8 Å². The van der Waals surface area contributed by atoms with Gasteiger partial charge in [0.15, 0.2) is 0 Å². The van der Waals surface area contributed by atoms with Crippen molar-refractivity contribution in [1.82, 2.24) is 5.32 Å². The van der Waals surface area contributed by atoms with Gasteiger partial charge in [0.2, 0.25) is 5.91 Å². The Hall–Kier alpha value is -2.82. The van der Waals surface area contributed by atoms with Gasteiger partial charge in [-0.25, -0.2) is 4.79 Å². The first-order valence-electron chi connectivity index (χ1n) is 8.49. The molecule has 2 N–H and O–H groups in total. The summed E-state index contributed by atoms with van der Waals surface area (Å²) in [7, 11) is 1.71. The molecule has 1 saturated carbocycles. The quantitative estimate of drug-likeness (QED) is 0.876. The molecule has 130 valence electrons. The van der Waals surface area contributed by atoms with E-state index in [1.54, 1.807) is 19.2 Å². The predicted molar refractivity (Wildman–Crippen MR) is 99.8 cm³/mol. The molecule has 0 saturated heterocycles. The average molecular weight is 337 g/mol. The molecular formula is C20H23N3O2. The molecule has 0 unspecified atom stereocenters. The van der Waals surface area contributed by atoms with Crippen molar-refractivity contribution in [2.45, 2.75) is 19.3 Å². The summed E-state index contributed by atoms with van der Waals surface area (Å²) in [6.07, 6.45) is 1.11. The lowest BCUT2D eigenvalue weighted by Crippen LogP contribution is -2.30. The van der Waals surface area contributed by atoms with Gasteiger partial charge in [-0.1, -0.05) is 36.4 Å². The Bertz CT molecular complexity index is 761. The standard InChI is InChI=1S/C20H23N3O2/c1-14(24)23(2)18-10-6-9-17(12-18)22-20(25)21-13-16-11-19(16)15-7-4-3-5-8-15/h3-10,12,16,19H,11,13H2,1-2H3,(H2,21,22,25)/t16-,19+/m1/s1. The van der Waals surface area contributed by atoms with Gasteiger partial charge in [0.05, 0.1) is 0 Å². The van der Waals surface area contributed by atoms with Gasteiger partial charge in [-0.15, -0.1) is 0 Å². The van der Waals surface area contributed by atoms with E-state index in [-0.39, 0.29) is 11.9 Å². The first-order valence-corrected chi connectivity index (χ1v) is 8.49. The van der Waals surface area contributed by atoms with Gasteiger partial charge >= 0.3 is 6.03 Å². The molecule has 0 heterocycles. The van der Waals surface area contributed by atoms with E-state index in [0.717, 1.165) is 12.1 Å². The smallest absolute Gasteiger partial charge is 0.319 e. The van der Waals surface area contributed by atoms with Crippen LogP contribution in [0.3, 0.4) is 0 Å². The van der Waals surface area contributed by atoms with Crippen LogP contribution >= 0.6 is 0 Å². The maximum Gasteiger partial charge on any atom is 0.319 e. The Morgan fingerprint density at radius 2 is 1.88 bits per heavy atom. The second-order valence-electron chi connectivity index (χ2n) is 6.48. The van der Waals surface area contributed by atoms with Gasteiger partial charge in [-0.3, -0.25) is 4.79 Å². The third kappa shape index (κ3) is 4.38. The number of nitrogens with one attached hydrogen (secondary N) is 2. The van der Waals surface area contributed by atoms with Crippen LogP contribution in [0.4, 0.5) is 16.2 Å². The molecule has 1 fully saturated rings. The molecular weight excluding hydrogens is 314 g/mol. The van der Waals surface area contributed by atoms with Gasteiger partial charge in [0.25, 0.3) is 0 Å². The van der Waals surface area contributed by atoms with Crippen LogP contribution < -0.4 is 15.5 Å². The SMILES string of the molecule is CC(=O)N(C)c1cccc(NC(=O)NC[C@H]2C[C@H]2c2ccccc2)c1. The van der Waals surface area contributed by atoms with Gasteiger partial charge in [0.1, 0.15) is 0 Å². The van der Waals surface area contributed by atoms with Crippen LogP contribution in [-0.4, -0.2) is 25.5 Å². The summed E-state index contributed by atoms with van der Waals surface area (Å²) in [5.41, 5.74) is 2.75. The Morgan fingerprint density at radius 3 is 2.60 bits per heavy atom. The van der Waals surface area contributed by atoms with E-state index in [4.69, 9.17) is 0 Å². The van der Waals surface area contributed by atoms with Crippen molar-refractivity contribution >= 4 is 23.3 Å². The number of hydrogen-bond acceptors (Lipinski definition) is 2. The lowest BCUT2D eigenvalue weighted by Gasteiger charge is -2.16. The van der Waals surface area contributed by atoms with E-state index in [0.29, 0.717) is 24.1 Å². The number of hydrogen-bond donors (Lipinski definition) is 2. The summed E-state index contributed by atoms with van der Waals surface area (Å²) in [6.45, 7) is 2.17. The Balaban J connectivity index is 1.49. The minimum atomic E-state index is -0.221. The van der Waals surface area contributed by atoms with Crippen LogP contribution in [0, 0.1) is 5.92 Å². The highest BCUT2D eigenvalue weighted by Crippen LogP contribution is 2.46. The molecule has 25 heavy (non-hydrogen) atoms. The maximum atomic E-state index is 12.1. The fourth-order valence-corrected chi connectivity index (χ4v) is 2.95. The molecule has 0 bridgehead atoms. The van der Waals surface area contributed by atoms with Crippen molar-refractivity contribution in [3.63, 3.8) is 0 Å². The molecule has 5 nitrogen and oxygen atoms in total. The van der Waals surface area contributed by atoms with Crippen LogP contribution in [0.15, 0.2) is 54.6 Å². The summed E-state index contributed by atoms with van der Waals surface area (Å²) in [5, 5.41) is 5.76. The topological polar surface area (TPSA) is 61.4 Å². The Morgan fingerprint density at radius 1 is 1.12 bits per heavy atom. The molecule has 1 aliphatic carbocycles. The third-order valence-corrected chi connectivity index (χ3v) is 4.64. The van der Waals surface area contributed by atoms with Gasteiger partial charge in [-0.05, 0) is 42.0 Å². The zero-order chi connectivity index (χ0) is 17.8. The van der Waals surface area contributed by atoms with Crippen molar-refractivity contribution in [2.24, 2.45) is 5.92 Å². The normalized spacial score (nSPS) is 18.3. The molecule has 3 rings (SSSR count). The largest absolute Gasteiger partial charge is 0.338 e. The summed E-state index contributed by atoms with van der Waals surface area (Å²) >= 11 is 0. The highest BCUT2D eigenvalue weighted by molar-refractivity contribution is 5.93. The number of carbonyl (C=O) groups excluding carboxylic acids is 2. The van der Waals surface area contributed by atoms with Crippen molar-refractivity contribution < 1.29 is 9.59 Å². The first kappa shape index (κ1) is 17.0. The van der Waals surface area contributed by atoms with Gasteiger partial charge in [0, 0.05) is 31.9 Å². The Labute approximate surface area is 148 Å². The Kier molecular flexibility index (Phi) is 5.03. The van der Waals surface area contributed by atoms with E-state index in [1.165, 1.54) is 17.4 Å². The highest BCUT2D eigenvalue weighted by Gasteiger charge is 2.37. The van der Waals surface area contributed by atoms with Crippen LogP contribution in [0.25, 0.3) is 0 Å². The number of rotatable bonds is 5. The molecule has 1 aliphatic rings. The van der Waals surface area contributed by atoms with Crippen LogP contribution in [-0.2, 0) is 4.79 Å². The zero-order valence-electron chi connectivity index (χ0n) is 14.5. The molecule has 0 spiro atoms. The molecule has 2 aromatic rings. The van der Waals surface area contributed by atoms with E-state index in [1.807, 2.05) is 18.2 Å². The van der Waals surface area contributed by atoms with E-state index < -0.39 is 0 Å². The van der Waals surface area contributed by atoms with Gasteiger partial charge in [-0.2, -0.15) is 0 Å². The predicted octanol–water partition coefficient (Wildman–Crippen LogP) is 3.59. The molecule has 0 aromatic heterocycles. The molecule has 5 heteroatoms. The lowest BCUT2D eigenvalue weighted by atomic mass is 10.1. The molecule has 0 aliphatic heterocycles. The number of anilines is 2. The molecule has 2 aromatic carbocycles. The zero-order valence-corrected chi connectivity index (χ0v) is 14.5. The van der Waals surface area contributed by atoms with Crippen LogP contribution in [0.5, 0.6) is 0 Å². The van der Waals surface area contributed by atoms with E-state index in [2.05, 4.69) is 34.9 Å². The number of benzene rings is 2. The fourth-order valence-electron chi connectivity index (χ4n) is 2.95. The number of amides is 3. The lowest BCUT2D eigenvalue weighted by molar-refractivity contribution is -0.116. The van der Waals surface area contributed by atoms with Crippen LogP contribution in [0.1, 0.15) is 24.8 Å². The summed E-state index contributed by atoms with van der Waals surface area (Å²) in [6, 6.07) is 17.4. The van der Waals surface area contributed by atoms with Crippen molar-refractivity contribution in [3.05, 3.63) is 60.2 Å². The van der Waals surface area contributed by atoms with E-state index in [9.17, 15) is 9.59 Å². The van der Waals surface area contributed by atoms with Gasteiger partial charge < -0.3 is 15.5 Å². The molecule has 2 atom stereocenters. The summed E-state index contributed by atoms with van der Waals surface area (Å²) < 4.78 is 0. The first-order chi connectivity index (χ1) is 12.0. The summed E-state index contributed by atoms with van der Waals surface area (Å²) in [5.74, 6) is 1.000. The number of urea groups is 1. The third-order valence-electron chi connectivity index (χ3n) is 4.64. The van der Waals surface area contributed by atoms with Crippen molar-refractivity contribution in [3.8, 4) is 0 Å². The fraction of sp³-hybridized carbons (Fsp3) is 0.300. The monoisotopic (exact) mass is 337 g/mol. The second kappa shape index (κ2) is 7.38. The maximum absolute atomic E-state index is 12.1. The van der Waals surface area contributed by atoms with E-state index >= 15 is 0 Å². The van der Waals surface area contributed by atoms with Crippen molar-refractivity contribution in [1.29, 1.82) is 0 Å². The second-order valence-corrected chi connectivity index (χ2v) is 6.48.